The van der Waals surface area contributed by atoms with E-state index in [1.807, 2.05) is 30.5 Å². The van der Waals surface area contributed by atoms with Gasteiger partial charge in [-0.25, -0.2) is 0 Å². The van der Waals surface area contributed by atoms with Crippen LogP contribution < -0.4 is 0 Å². The Hall–Kier alpha value is -2.02. The fraction of sp³-hybridized carbons (Fsp3) is 0.308. The van der Waals surface area contributed by atoms with Gasteiger partial charge in [0.15, 0.2) is 11.0 Å². The predicted octanol–water partition coefficient (Wildman–Crippen LogP) is 2.16. The van der Waals surface area contributed by atoms with Crippen LogP contribution in [0.2, 0.25) is 0 Å². The van der Waals surface area contributed by atoms with E-state index in [2.05, 4.69) is 10.2 Å². The van der Waals surface area contributed by atoms with Gasteiger partial charge in [-0.3, -0.25) is 4.79 Å². The largest absolute Gasteiger partial charge is 0.508 e. The molecule has 20 heavy (non-hydrogen) atoms. The number of aromatic nitrogens is 3. The normalized spacial score (nSPS) is 10.7. The maximum Gasteiger partial charge on any atom is 0.313 e. The molecule has 1 aromatic carbocycles. The Balaban J connectivity index is 2.36. The first-order chi connectivity index (χ1) is 9.52. The first-order valence-corrected chi connectivity index (χ1v) is 7.09. The number of carbonyl (C=O) groups is 1. The molecule has 0 unspecified atom stereocenters. The minimum absolute atomic E-state index is 0.0583. The number of aromatic hydroxyl groups is 1. The number of phenolic OH excluding ortho intramolecular Hbond substituents is 1. The maximum absolute atomic E-state index is 10.6. The number of thioether (sulfide) groups is 1. The molecule has 0 fully saturated rings. The Morgan fingerprint density at radius 3 is 2.75 bits per heavy atom. The third-order valence-corrected chi connectivity index (χ3v) is 3.78. The van der Waals surface area contributed by atoms with Crippen LogP contribution in [-0.4, -0.2) is 36.7 Å². The molecule has 0 aliphatic carbocycles. The van der Waals surface area contributed by atoms with Gasteiger partial charge in [-0.05, 0) is 25.5 Å². The van der Waals surface area contributed by atoms with Crippen LogP contribution >= 0.6 is 11.8 Å². The Kier molecular flexibility index (Phi) is 4.29. The molecule has 2 N–H and O–H groups in total. The van der Waals surface area contributed by atoms with Crippen molar-refractivity contribution in [1.29, 1.82) is 0 Å². The van der Waals surface area contributed by atoms with Crippen LogP contribution in [0.3, 0.4) is 0 Å². The van der Waals surface area contributed by atoms with Crippen LogP contribution in [0.1, 0.15) is 12.5 Å². The van der Waals surface area contributed by atoms with Crippen LogP contribution in [-0.2, 0) is 11.3 Å². The highest BCUT2D eigenvalue weighted by Crippen LogP contribution is 2.27. The average molecular weight is 293 g/mol. The summed E-state index contributed by atoms with van der Waals surface area (Å²) in [6.07, 6.45) is 0. The van der Waals surface area contributed by atoms with Gasteiger partial charge in [0, 0.05) is 12.1 Å². The summed E-state index contributed by atoms with van der Waals surface area (Å²) in [5.74, 6) is -0.129. The predicted molar refractivity (Wildman–Crippen MR) is 75.9 cm³/mol. The molecular formula is C13H15N3O3S. The van der Waals surface area contributed by atoms with E-state index in [0.29, 0.717) is 17.5 Å². The zero-order valence-corrected chi connectivity index (χ0v) is 12.0. The van der Waals surface area contributed by atoms with Gasteiger partial charge >= 0.3 is 5.97 Å². The van der Waals surface area contributed by atoms with E-state index in [9.17, 15) is 9.90 Å². The minimum atomic E-state index is -0.893. The molecule has 0 atom stereocenters. The molecule has 2 rings (SSSR count). The van der Waals surface area contributed by atoms with Crippen molar-refractivity contribution in [3.05, 3.63) is 23.8 Å². The van der Waals surface area contributed by atoms with Crippen molar-refractivity contribution in [3.63, 3.8) is 0 Å². The second-order valence-corrected chi connectivity index (χ2v) is 5.18. The van der Waals surface area contributed by atoms with Crippen LogP contribution in [0, 0.1) is 6.92 Å². The first-order valence-electron chi connectivity index (χ1n) is 6.10. The maximum atomic E-state index is 10.6. The Morgan fingerprint density at radius 2 is 2.15 bits per heavy atom. The zero-order valence-electron chi connectivity index (χ0n) is 11.2. The van der Waals surface area contributed by atoms with Crippen molar-refractivity contribution in [2.75, 3.05) is 5.75 Å². The van der Waals surface area contributed by atoms with Crippen molar-refractivity contribution in [2.24, 2.45) is 0 Å². The molecule has 0 saturated carbocycles. The lowest BCUT2D eigenvalue weighted by Gasteiger charge is -2.07. The second kappa shape index (κ2) is 5.96. The molecule has 0 bridgehead atoms. The third-order valence-electron chi connectivity index (χ3n) is 2.83. The number of carboxylic acids is 1. The van der Waals surface area contributed by atoms with E-state index in [-0.39, 0.29) is 11.5 Å². The number of nitrogens with zero attached hydrogens (tertiary/aromatic N) is 3. The summed E-state index contributed by atoms with van der Waals surface area (Å²) in [6.45, 7) is 4.38. The highest BCUT2D eigenvalue weighted by molar-refractivity contribution is 7.99. The van der Waals surface area contributed by atoms with Gasteiger partial charge < -0.3 is 14.8 Å². The number of hydrogen-bond donors (Lipinski definition) is 2. The van der Waals surface area contributed by atoms with Crippen molar-refractivity contribution in [3.8, 4) is 17.1 Å². The van der Waals surface area contributed by atoms with Gasteiger partial charge in [0.25, 0.3) is 0 Å². The summed E-state index contributed by atoms with van der Waals surface area (Å²) >= 11 is 1.13. The summed E-state index contributed by atoms with van der Waals surface area (Å²) in [5, 5.41) is 27.2. The van der Waals surface area contributed by atoms with E-state index in [1.165, 1.54) is 0 Å². The van der Waals surface area contributed by atoms with Gasteiger partial charge in [-0.2, -0.15) is 0 Å². The highest BCUT2D eigenvalue weighted by atomic mass is 32.2. The SMILES string of the molecule is CCn1c(SCC(=O)O)nnc1-c1ccc(C)c(O)c1. The Bertz CT molecular complexity index is 640. The number of aliphatic carboxylic acids is 1. The molecular weight excluding hydrogens is 278 g/mol. The van der Waals surface area contributed by atoms with Gasteiger partial charge in [-0.1, -0.05) is 23.9 Å². The molecule has 0 saturated heterocycles. The molecule has 106 valence electrons. The monoisotopic (exact) mass is 293 g/mol. The Labute approximate surface area is 120 Å². The standard InChI is InChI=1S/C13H15N3O3S/c1-3-16-12(9-5-4-8(2)10(17)6-9)14-15-13(16)20-7-11(18)19/h4-6,17H,3,7H2,1-2H3,(H,18,19). The van der Waals surface area contributed by atoms with Crippen LogP contribution in [0.25, 0.3) is 11.4 Å². The molecule has 6 nitrogen and oxygen atoms in total. The van der Waals surface area contributed by atoms with E-state index >= 15 is 0 Å². The zero-order chi connectivity index (χ0) is 14.7. The molecule has 0 amide bonds. The van der Waals surface area contributed by atoms with Crippen molar-refractivity contribution < 1.29 is 15.0 Å². The van der Waals surface area contributed by atoms with Crippen LogP contribution in [0.5, 0.6) is 5.75 Å². The van der Waals surface area contributed by atoms with Crippen molar-refractivity contribution >= 4 is 17.7 Å². The fourth-order valence-electron chi connectivity index (χ4n) is 1.77. The topological polar surface area (TPSA) is 88.2 Å². The minimum Gasteiger partial charge on any atom is -0.508 e. The van der Waals surface area contributed by atoms with Crippen LogP contribution in [0.4, 0.5) is 0 Å². The number of aryl methyl sites for hydroxylation is 1. The molecule has 1 aromatic heterocycles. The molecule has 0 aliphatic rings. The molecule has 1 heterocycles. The lowest BCUT2D eigenvalue weighted by atomic mass is 10.1. The summed E-state index contributed by atoms with van der Waals surface area (Å²) in [7, 11) is 0. The third kappa shape index (κ3) is 2.93. The molecule has 2 aromatic rings. The number of benzene rings is 1. The van der Waals surface area contributed by atoms with E-state index < -0.39 is 5.97 Å². The summed E-state index contributed by atoms with van der Waals surface area (Å²) in [6, 6.07) is 5.30. The average Bonchev–Trinajstić information content (AvgIpc) is 2.82. The van der Waals surface area contributed by atoms with Gasteiger partial charge in [-0.15, -0.1) is 10.2 Å². The fourth-order valence-corrected chi connectivity index (χ4v) is 2.49. The highest BCUT2D eigenvalue weighted by Gasteiger charge is 2.14. The quantitative estimate of drug-likeness (QED) is 0.821. The molecule has 0 aliphatic heterocycles. The van der Waals surface area contributed by atoms with Gasteiger partial charge in [0.1, 0.15) is 5.75 Å². The summed E-state index contributed by atoms with van der Waals surface area (Å²) in [4.78, 5) is 10.6. The lowest BCUT2D eigenvalue weighted by Crippen LogP contribution is -2.03. The number of rotatable bonds is 5. The summed E-state index contributed by atoms with van der Waals surface area (Å²) < 4.78 is 1.83. The second-order valence-electron chi connectivity index (χ2n) is 4.23. The first kappa shape index (κ1) is 14.4. The van der Waals surface area contributed by atoms with E-state index in [1.54, 1.807) is 6.07 Å². The molecule has 0 radical (unpaired) electrons. The van der Waals surface area contributed by atoms with Crippen LogP contribution in [0.15, 0.2) is 23.4 Å². The smallest absolute Gasteiger partial charge is 0.313 e. The van der Waals surface area contributed by atoms with Gasteiger partial charge in [0.05, 0.1) is 5.75 Å². The number of hydrogen-bond acceptors (Lipinski definition) is 5. The van der Waals surface area contributed by atoms with Gasteiger partial charge in [0.2, 0.25) is 0 Å². The molecule has 0 spiro atoms. The van der Waals surface area contributed by atoms with E-state index in [4.69, 9.17) is 5.11 Å². The molecule has 7 heteroatoms. The number of phenols is 1. The van der Waals surface area contributed by atoms with Crippen molar-refractivity contribution in [1.82, 2.24) is 14.8 Å². The Morgan fingerprint density at radius 1 is 1.40 bits per heavy atom. The number of carboxylic acid groups (broad SMARTS) is 1. The lowest BCUT2D eigenvalue weighted by molar-refractivity contribution is -0.133. The van der Waals surface area contributed by atoms with E-state index in [0.717, 1.165) is 22.9 Å². The van der Waals surface area contributed by atoms with Crippen molar-refractivity contribution in [2.45, 2.75) is 25.5 Å². The summed E-state index contributed by atoms with van der Waals surface area (Å²) in [5.41, 5.74) is 1.54.